The molecule has 1 aromatic rings. The smallest absolute Gasteiger partial charge is 0.387 e. The van der Waals surface area contributed by atoms with Gasteiger partial charge in [0, 0.05) is 6.04 Å². The van der Waals surface area contributed by atoms with Crippen LogP contribution in [0.3, 0.4) is 0 Å². The molecular formula is C15H23F2NO. The highest BCUT2D eigenvalue weighted by Crippen LogP contribution is 2.25. The molecule has 0 saturated heterocycles. The Bertz CT molecular complexity index is 369. The lowest BCUT2D eigenvalue weighted by molar-refractivity contribution is -0.0499. The Kier molecular flexibility index (Phi) is 6.78. The van der Waals surface area contributed by atoms with Gasteiger partial charge < -0.3 is 10.1 Å². The fraction of sp³-hybridized carbons (Fsp3) is 0.600. The lowest BCUT2D eigenvalue weighted by Gasteiger charge is -2.21. The first-order valence-electron chi connectivity index (χ1n) is 6.81. The molecule has 0 amide bonds. The summed E-state index contributed by atoms with van der Waals surface area (Å²) in [6.07, 6.45) is 2.01. The fourth-order valence-corrected chi connectivity index (χ4v) is 2.03. The van der Waals surface area contributed by atoms with E-state index < -0.39 is 6.61 Å². The third kappa shape index (κ3) is 6.01. The topological polar surface area (TPSA) is 21.3 Å². The van der Waals surface area contributed by atoms with Gasteiger partial charge in [0.2, 0.25) is 0 Å². The lowest BCUT2D eigenvalue weighted by atomic mass is 9.96. The molecule has 2 nitrogen and oxygen atoms in total. The van der Waals surface area contributed by atoms with Crippen LogP contribution in [0.15, 0.2) is 24.3 Å². The average molecular weight is 271 g/mol. The largest absolute Gasteiger partial charge is 0.435 e. The van der Waals surface area contributed by atoms with E-state index >= 15 is 0 Å². The van der Waals surface area contributed by atoms with Gasteiger partial charge in [0.25, 0.3) is 0 Å². The predicted octanol–water partition coefficient (Wildman–Crippen LogP) is 4.37. The second-order valence-electron chi connectivity index (χ2n) is 5.09. The lowest BCUT2D eigenvalue weighted by Crippen LogP contribution is -2.23. The van der Waals surface area contributed by atoms with Crippen LogP contribution < -0.4 is 10.1 Å². The first-order chi connectivity index (χ1) is 9.02. The van der Waals surface area contributed by atoms with Crippen molar-refractivity contribution < 1.29 is 13.5 Å². The summed E-state index contributed by atoms with van der Waals surface area (Å²) in [5.74, 6) is 0.758. The number of rotatable bonds is 8. The van der Waals surface area contributed by atoms with Crippen molar-refractivity contribution in [2.45, 2.75) is 46.3 Å². The molecule has 0 aromatic heterocycles. The fourth-order valence-electron chi connectivity index (χ4n) is 2.03. The third-order valence-corrected chi connectivity index (χ3v) is 2.83. The molecule has 0 fully saturated rings. The van der Waals surface area contributed by atoms with E-state index in [1.54, 1.807) is 18.2 Å². The Morgan fingerprint density at radius 3 is 2.58 bits per heavy atom. The minimum Gasteiger partial charge on any atom is -0.435 e. The molecule has 0 aliphatic rings. The monoisotopic (exact) mass is 271 g/mol. The molecule has 0 bridgehead atoms. The van der Waals surface area contributed by atoms with Crippen LogP contribution in [0.2, 0.25) is 0 Å². The maximum absolute atomic E-state index is 12.2. The van der Waals surface area contributed by atoms with E-state index in [-0.39, 0.29) is 11.8 Å². The molecule has 0 spiro atoms. The van der Waals surface area contributed by atoms with Crippen molar-refractivity contribution in [3.05, 3.63) is 29.8 Å². The standard InChI is InChI=1S/C15H23F2NO/c1-4-8-18-14(9-11(2)3)12-6-5-7-13(10-12)19-15(16)17/h5-7,10-11,14-15,18H,4,8-9H2,1-3H3. The molecule has 4 heteroatoms. The Balaban J connectivity index is 2.81. The van der Waals surface area contributed by atoms with Gasteiger partial charge in [-0.3, -0.25) is 0 Å². The Morgan fingerprint density at radius 2 is 2.00 bits per heavy atom. The summed E-state index contributed by atoms with van der Waals surface area (Å²) in [7, 11) is 0. The molecular weight excluding hydrogens is 248 g/mol. The van der Waals surface area contributed by atoms with E-state index in [1.807, 2.05) is 6.07 Å². The number of hydrogen-bond acceptors (Lipinski definition) is 2. The minimum atomic E-state index is -2.78. The van der Waals surface area contributed by atoms with Gasteiger partial charge in [-0.1, -0.05) is 32.9 Å². The molecule has 1 aromatic carbocycles. The molecule has 19 heavy (non-hydrogen) atoms. The van der Waals surface area contributed by atoms with Crippen molar-refractivity contribution >= 4 is 0 Å². The maximum Gasteiger partial charge on any atom is 0.387 e. The van der Waals surface area contributed by atoms with E-state index in [4.69, 9.17) is 0 Å². The Hall–Kier alpha value is -1.16. The van der Waals surface area contributed by atoms with Crippen LogP contribution in [0.4, 0.5) is 8.78 Å². The predicted molar refractivity (Wildman–Crippen MR) is 73.6 cm³/mol. The summed E-state index contributed by atoms with van der Waals surface area (Å²) in [4.78, 5) is 0. The van der Waals surface area contributed by atoms with Crippen LogP contribution in [-0.2, 0) is 0 Å². The zero-order chi connectivity index (χ0) is 14.3. The van der Waals surface area contributed by atoms with Crippen LogP contribution in [0.5, 0.6) is 5.75 Å². The molecule has 1 N–H and O–H groups in total. The van der Waals surface area contributed by atoms with Crippen molar-refractivity contribution in [2.75, 3.05) is 6.54 Å². The summed E-state index contributed by atoms with van der Waals surface area (Å²) in [5.41, 5.74) is 1.00. The van der Waals surface area contributed by atoms with E-state index in [9.17, 15) is 8.78 Å². The highest BCUT2D eigenvalue weighted by atomic mass is 19.3. The van der Waals surface area contributed by atoms with Gasteiger partial charge in [-0.05, 0) is 43.0 Å². The minimum absolute atomic E-state index is 0.182. The number of hydrogen-bond donors (Lipinski definition) is 1. The van der Waals surface area contributed by atoms with Gasteiger partial charge in [0.05, 0.1) is 0 Å². The van der Waals surface area contributed by atoms with Gasteiger partial charge in [0.15, 0.2) is 0 Å². The highest BCUT2D eigenvalue weighted by molar-refractivity contribution is 5.30. The van der Waals surface area contributed by atoms with Crippen LogP contribution in [-0.4, -0.2) is 13.2 Å². The van der Waals surface area contributed by atoms with Crippen LogP contribution in [0.1, 0.15) is 45.2 Å². The molecule has 1 unspecified atom stereocenters. The van der Waals surface area contributed by atoms with E-state index in [0.29, 0.717) is 5.92 Å². The van der Waals surface area contributed by atoms with Gasteiger partial charge in [-0.25, -0.2) is 0 Å². The number of alkyl halides is 2. The number of benzene rings is 1. The molecule has 0 saturated carbocycles. The van der Waals surface area contributed by atoms with Gasteiger partial charge in [-0.2, -0.15) is 8.78 Å². The second-order valence-corrected chi connectivity index (χ2v) is 5.09. The molecule has 108 valence electrons. The molecule has 1 atom stereocenters. The normalized spacial score (nSPS) is 13.0. The summed E-state index contributed by atoms with van der Waals surface area (Å²) in [6, 6.07) is 7.15. The second kappa shape index (κ2) is 8.10. The van der Waals surface area contributed by atoms with Gasteiger partial charge in [-0.15, -0.1) is 0 Å². The maximum atomic E-state index is 12.2. The van der Waals surface area contributed by atoms with Crippen molar-refractivity contribution in [3.63, 3.8) is 0 Å². The first kappa shape index (κ1) is 15.9. The van der Waals surface area contributed by atoms with Crippen LogP contribution in [0, 0.1) is 5.92 Å². The van der Waals surface area contributed by atoms with E-state index in [1.165, 1.54) is 0 Å². The summed E-state index contributed by atoms with van der Waals surface area (Å²) in [6.45, 7) is 4.55. The molecule has 0 radical (unpaired) electrons. The quantitative estimate of drug-likeness (QED) is 0.758. The number of nitrogens with one attached hydrogen (secondary N) is 1. The molecule has 0 heterocycles. The summed E-state index contributed by atoms with van der Waals surface area (Å²) >= 11 is 0. The van der Waals surface area contributed by atoms with Gasteiger partial charge in [0.1, 0.15) is 5.75 Å². The zero-order valence-corrected chi connectivity index (χ0v) is 11.8. The number of ether oxygens (including phenoxy) is 1. The van der Waals surface area contributed by atoms with Crippen molar-refractivity contribution in [1.29, 1.82) is 0 Å². The van der Waals surface area contributed by atoms with E-state index in [2.05, 4.69) is 30.8 Å². The Morgan fingerprint density at radius 1 is 1.26 bits per heavy atom. The molecule has 0 aliphatic heterocycles. The molecule has 0 aliphatic carbocycles. The van der Waals surface area contributed by atoms with Crippen molar-refractivity contribution in [1.82, 2.24) is 5.32 Å². The zero-order valence-electron chi connectivity index (χ0n) is 11.8. The van der Waals surface area contributed by atoms with Crippen molar-refractivity contribution in [3.8, 4) is 5.75 Å². The summed E-state index contributed by atoms with van der Waals surface area (Å²) in [5, 5.41) is 3.45. The highest BCUT2D eigenvalue weighted by Gasteiger charge is 2.14. The van der Waals surface area contributed by atoms with Gasteiger partial charge >= 0.3 is 6.61 Å². The first-order valence-corrected chi connectivity index (χ1v) is 6.81. The third-order valence-electron chi connectivity index (χ3n) is 2.83. The number of halogens is 2. The average Bonchev–Trinajstić information content (AvgIpc) is 2.33. The van der Waals surface area contributed by atoms with Crippen LogP contribution in [0.25, 0.3) is 0 Å². The Labute approximate surface area is 114 Å². The molecule has 1 rings (SSSR count). The van der Waals surface area contributed by atoms with Crippen LogP contribution >= 0.6 is 0 Å². The SMILES string of the molecule is CCCNC(CC(C)C)c1cccc(OC(F)F)c1. The summed E-state index contributed by atoms with van der Waals surface area (Å²) < 4.78 is 28.9. The van der Waals surface area contributed by atoms with Crippen molar-refractivity contribution in [2.24, 2.45) is 5.92 Å². The van der Waals surface area contributed by atoms with E-state index in [0.717, 1.165) is 24.9 Å².